The van der Waals surface area contributed by atoms with Gasteiger partial charge in [-0.15, -0.1) is 0 Å². The van der Waals surface area contributed by atoms with Crippen LogP contribution in [-0.4, -0.2) is 41.3 Å². The van der Waals surface area contributed by atoms with Crippen LogP contribution in [0.4, 0.5) is 13.2 Å². The van der Waals surface area contributed by atoms with Gasteiger partial charge in [0.1, 0.15) is 0 Å². The molecule has 0 bridgehead atoms. The third kappa shape index (κ3) is 3.22. The van der Waals surface area contributed by atoms with Crippen molar-refractivity contribution in [2.75, 3.05) is 13.2 Å². The molecule has 6 heteroatoms. The van der Waals surface area contributed by atoms with Gasteiger partial charge in [0.05, 0.1) is 18.6 Å². The largest absolute Gasteiger partial charge is 0.394 e. The summed E-state index contributed by atoms with van der Waals surface area (Å²) in [4.78, 5) is 13.9. The Labute approximate surface area is 110 Å². The monoisotopic (exact) mass is 279 g/mol. The Balaban J connectivity index is 1.99. The van der Waals surface area contributed by atoms with Gasteiger partial charge in [-0.1, -0.05) is 6.42 Å². The van der Waals surface area contributed by atoms with E-state index in [1.165, 1.54) is 0 Å². The molecule has 0 spiro atoms. The molecule has 19 heavy (non-hydrogen) atoms. The van der Waals surface area contributed by atoms with Gasteiger partial charge >= 0.3 is 6.18 Å². The van der Waals surface area contributed by atoms with Crippen LogP contribution in [0.2, 0.25) is 0 Å². The van der Waals surface area contributed by atoms with E-state index in [9.17, 15) is 23.1 Å². The number of hydrogen-bond acceptors (Lipinski definition) is 2. The van der Waals surface area contributed by atoms with E-state index in [0.717, 1.165) is 12.8 Å². The molecule has 1 saturated heterocycles. The first-order chi connectivity index (χ1) is 8.93. The molecule has 1 heterocycles. The third-order valence-corrected chi connectivity index (χ3v) is 4.36. The highest BCUT2D eigenvalue weighted by atomic mass is 19.4. The van der Waals surface area contributed by atoms with Crippen LogP contribution >= 0.6 is 0 Å². The van der Waals surface area contributed by atoms with Gasteiger partial charge in [-0.05, 0) is 32.1 Å². The fourth-order valence-corrected chi connectivity index (χ4v) is 3.26. The fourth-order valence-electron chi connectivity index (χ4n) is 3.26. The van der Waals surface area contributed by atoms with Crippen LogP contribution in [0.15, 0.2) is 0 Å². The summed E-state index contributed by atoms with van der Waals surface area (Å²) in [7, 11) is 0. The first-order valence-electron chi connectivity index (χ1n) is 6.91. The van der Waals surface area contributed by atoms with Gasteiger partial charge in [-0.25, -0.2) is 0 Å². The number of amides is 1. The minimum Gasteiger partial charge on any atom is -0.394 e. The Hall–Kier alpha value is -0.780. The molecule has 1 saturated carbocycles. The number of hydrogen-bond donors (Lipinski definition) is 1. The molecule has 2 fully saturated rings. The van der Waals surface area contributed by atoms with Crippen LogP contribution in [0.3, 0.4) is 0 Å². The Morgan fingerprint density at radius 3 is 2.58 bits per heavy atom. The second-order valence-electron chi connectivity index (χ2n) is 5.61. The van der Waals surface area contributed by atoms with Crippen molar-refractivity contribution in [3.05, 3.63) is 0 Å². The van der Waals surface area contributed by atoms with Crippen LogP contribution in [0.25, 0.3) is 0 Å². The number of alkyl halides is 3. The van der Waals surface area contributed by atoms with Gasteiger partial charge in [0.2, 0.25) is 5.91 Å². The van der Waals surface area contributed by atoms with E-state index in [-0.39, 0.29) is 31.4 Å². The van der Waals surface area contributed by atoms with Crippen molar-refractivity contribution in [2.24, 2.45) is 11.8 Å². The van der Waals surface area contributed by atoms with Crippen molar-refractivity contribution in [3.8, 4) is 0 Å². The standard InChI is InChI=1S/C13H20F3NO2/c14-13(15,16)10-4-1-3-9(7-10)12(19)17-6-2-5-11(17)8-18/h9-11,18H,1-8H2/t9?,10?,11-/m0/s1. The summed E-state index contributed by atoms with van der Waals surface area (Å²) in [6.45, 7) is 0.471. The molecule has 110 valence electrons. The number of carbonyl (C=O) groups excluding carboxylic acids is 1. The van der Waals surface area contributed by atoms with Gasteiger partial charge in [-0.2, -0.15) is 13.2 Å². The van der Waals surface area contributed by atoms with Crippen molar-refractivity contribution in [3.63, 3.8) is 0 Å². The molecule has 0 aromatic heterocycles. The predicted molar refractivity (Wildman–Crippen MR) is 63.3 cm³/mol. The summed E-state index contributed by atoms with van der Waals surface area (Å²) in [5.74, 6) is -2.05. The molecule has 2 aliphatic rings. The summed E-state index contributed by atoms with van der Waals surface area (Å²) in [5, 5.41) is 9.19. The number of carbonyl (C=O) groups is 1. The van der Waals surface area contributed by atoms with E-state index in [2.05, 4.69) is 0 Å². The van der Waals surface area contributed by atoms with Crippen LogP contribution in [0.1, 0.15) is 38.5 Å². The van der Waals surface area contributed by atoms with Crippen LogP contribution in [0.5, 0.6) is 0 Å². The van der Waals surface area contributed by atoms with Crippen LogP contribution in [-0.2, 0) is 4.79 Å². The molecule has 0 aromatic carbocycles. The average Bonchev–Trinajstić information content (AvgIpc) is 2.85. The van der Waals surface area contributed by atoms with Gasteiger partial charge in [0, 0.05) is 12.5 Å². The first-order valence-corrected chi connectivity index (χ1v) is 6.91. The zero-order valence-corrected chi connectivity index (χ0v) is 10.8. The highest BCUT2D eigenvalue weighted by Crippen LogP contribution is 2.40. The number of aliphatic hydroxyl groups excluding tert-OH is 1. The Bertz CT molecular complexity index is 332. The molecule has 3 atom stereocenters. The SMILES string of the molecule is O=C(C1CCCC(C(F)(F)F)C1)N1CCC[C@H]1CO. The quantitative estimate of drug-likeness (QED) is 0.843. The van der Waals surface area contributed by atoms with E-state index in [0.29, 0.717) is 19.4 Å². The lowest BCUT2D eigenvalue weighted by Crippen LogP contribution is -2.43. The first kappa shape index (κ1) is 14.6. The molecule has 1 N–H and O–H groups in total. The minimum atomic E-state index is -4.19. The zero-order valence-electron chi connectivity index (χ0n) is 10.8. The Kier molecular flexibility index (Phi) is 4.38. The predicted octanol–water partition coefficient (Wildman–Crippen LogP) is 2.34. The summed E-state index contributed by atoms with van der Waals surface area (Å²) < 4.78 is 38.2. The minimum absolute atomic E-state index is 0.0863. The van der Waals surface area contributed by atoms with Crippen LogP contribution in [0, 0.1) is 11.8 Å². The highest BCUT2D eigenvalue weighted by Gasteiger charge is 2.45. The second-order valence-corrected chi connectivity index (χ2v) is 5.61. The van der Waals surface area contributed by atoms with Crippen molar-refractivity contribution >= 4 is 5.91 Å². The Morgan fingerprint density at radius 1 is 1.21 bits per heavy atom. The molecule has 2 unspecified atom stereocenters. The molecule has 1 aliphatic carbocycles. The van der Waals surface area contributed by atoms with Crippen molar-refractivity contribution < 1.29 is 23.1 Å². The number of aliphatic hydroxyl groups is 1. The fraction of sp³-hybridized carbons (Fsp3) is 0.923. The van der Waals surface area contributed by atoms with E-state index in [1.807, 2.05) is 0 Å². The topological polar surface area (TPSA) is 40.5 Å². The van der Waals surface area contributed by atoms with Gasteiger partial charge in [-0.3, -0.25) is 4.79 Å². The number of likely N-dealkylation sites (tertiary alicyclic amines) is 1. The number of halogens is 3. The second kappa shape index (κ2) is 5.69. The normalized spacial score (nSPS) is 32.6. The third-order valence-electron chi connectivity index (χ3n) is 4.36. The zero-order chi connectivity index (χ0) is 14.0. The molecule has 1 aliphatic heterocycles. The lowest BCUT2D eigenvalue weighted by atomic mass is 9.80. The lowest BCUT2D eigenvalue weighted by Gasteiger charge is -2.33. The van der Waals surface area contributed by atoms with E-state index in [4.69, 9.17) is 0 Å². The van der Waals surface area contributed by atoms with Gasteiger partial charge in [0.25, 0.3) is 0 Å². The van der Waals surface area contributed by atoms with E-state index < -0.39 is 18.0 Å². The highest BCUT2D eigenvalue weighted by molar-refractivity contribution is 5.79. The van der Waals surface area contributed by atoms with Gasteiger partial charge < -0.3 is 10.0 Å². The number of nitrogens with zero attached hydrogens (tertiary/aromatic N) is 1. The average molecular weight is 279 g/mol. The van der Waals surface area contributed by atoms with E-state index >= 15 is 0 Å². The summed E-state index contributed by atoms with van der Waals surface area (Å²) in [6, 6.07) is -0.196. The maximum Gasteiger partial charge on any atom is 0.391 e. The molecule has 1 amide bonds. The summed E-state index contributed by atoms with van der Waals surface area (Å²) in [6.07, 6.45) is -1.57. The smallest absolute Gasteiger partial charge is 0.391 e. The molecular weight excluding hydrogens is 259 g/mol. The maximum absolute atomic E-state index is 12.7. The molecule has 3 nitrogen and oxygen atoms in total. The number of rotatable bonds is 2. The maximum atomic E-state index is 12.7. The molecule has 0 radical (unpaired) electrons. The Morgan fingerprint density at radius 2 is 1.95 bits per heavy atom. The lowest BCUT2D eigenvalue weighted by molar-refractivity contribution is -0.187. The molecule has 0 aromatic rings. The van der Waals surface area contributed by atoms with Crippen LogP contribution < -0.4 is 0 Å². The van der Waals surface area contributed by atoms with Gasteiger partial charge in [0.15, 0.2) is 0 Å². The van der Waals surface area contributed by atoms with E-state index in [1.54, 1.807) is 4.90 Å². The summed E-state index contributed by atoms with van der Waals surface area (Å²) >= 11 is 0. The van der Waals surface area contributed by atoms with Crippen molar-refractivity contribution in [1.82, 2.24) is 4.90 Å². The van der Waals surface area contributed by atoms with Crippen molar-refractivity contribution in [2.45, 2.75) is 50.7 Å². The molecule has 2 rings (SSSR count). The molecular formula is C13H20F3NO2. The van der Waals surface area contributed by atoms with Crippen molar-refractivity contribution in [1.29, 1.82) is 0 Å². The summed E-state index contributed by atoms with van der Waals surface area (Å²) in [5.41, 5.74) is 0.